The third-order valence-corrected chi connectivity index (χ3v) is 2.09. The first kappa shape index (κ1) is 10.9. The maximum absolute atomic E-state index is 10.7. The van der Waals surface area contributed by atoms with E-state index in [0.717, 1.165) is 5.56 Å². The van der Waals surface area contributed by atoms with Gasteiger partial charge in [-0.15, -0.1) is 0 Å². The Labute approximate surface area is 84.9 Å². The Balaban J connectivity index is 2.36. The average molecular weight is 192 g/mol. The van der Waals surface area contributed by atoms with Gasteiger partial charge >= 0.3 is 0 Å². The monoisotopic (exact) mass is 192 g/mol. The summed E-state index contributed by atoms with van der Waals surface area (Å²) in [6, 6.07) is 10.0. The minimum absolute atomic E-state index is 0.0653. The second-order valence-corrected chi connectivity index (χ2v) is 3.38. The van der Waals surface area contributed by atoms with Gasteiger partial charge in [-0.2, -0.15) is 0 Å². The molecule has 0 aliphatic heterocycles. The lowest BCUT2D eigenvalue weighted by Gasteiger charge is -2.12. The van der Waals surface area contributed by atoms with Crippen LogP contribution in [0.15, 0.2) is 30.3 Å². The topological polar surface area (TPSA) is 26.3 Å². The fraction of sp³-hybridized carbons (Fsp3) is 0.417. The number of benzene rings is 1. The molecule has 1 rings (SSSR count). The number of Topliss-reactive ketones (excluding diaryl/α,β-unsaturated/α-hetero) is 1. The SMILES string of the molecule is CC(=O)CCOC(C)c1ccccc1. The zero-order valence-corrected chi connectivity index (χ0v) is 8.69. The summed E-state index contributed by atoms with van der Waals surface area (Å²) in [7, 11) is 0. The molecule has 1 unspecified atom stereocenters. The smallest absolute Gasteiger partial charge is 0.132 e. The minimum atomic E-state index is 0.0653. The van der Waals surface area contributed by atoms with E-state index < -0.39 is 0 Å². The van der Waals surface area contributed by atoms with Crippen molar-refractivity contribution in [2.24, 2.45) is 0 Å². The van der Waals surface area contributed by atoms with E-state index in [9.17, 15) is 4.79 Å². The molecule has 0 radical (unpaired) electrons. The molecule has 2 nitrogen and oxygen atoms in total. The summed E-state index contributed by atoms with van der Waals surface area (Å²) in [6.45, 7) is 4.08. The summed E-state index contributed by atoms with van der Waals surface area (Å²) >= 11 is 0. The Bertz CT molecular complexity index is 280. The second kappa shape index (κ2) is 5.55. The number of rotatable bonds is 5. The van der Waals surface area contributed by atoms with Crippen molar-refractivity contribution in [1.82, 2.24) is 0 Å². The maximum Gasteiger partial charge on any atom is 0.132 e. The molecule has 2 heteroatoms. The zero-order chi connectivity index (χ0) is 10.4. The van der Waals surface area contributed by atoms with Crippen LogP contribution in [0.2, 0.25) is 0 Å². The molecule has 0 heterocycles. The normalized spacial score (nSPS) is 12.4. The van der Waals surface area contributed by atoms with E-state index in [1.54, 1.807) is 6.92 Å². The van der Waals surface area contributed by atoms with Gasteiger partial charge in [0, 0.05) is 6.42 Å². The highest BCUT2D eigenvalue weighted by molar-refractivity contribution is 5.75. The van der Waals surface area contributed by atoms with Crippen molar-refractivity contribution in [3.05, 3.63) is 35.9 Å². The van der Waals surface area contributed by atoms with Crippen LogP contribution in [-0.2, 0) is 9.53 Å². The highest BCUT2D eigenvalue weighted by Gasteiger charge is 2.04. The first-order valence-electron chi connectivity index (χ1n) is 4.86. The molecule has 0 N–H and O–H groups in total. The van der Waals surface area contributed by atoms with E-state index in [0.29, 0.717) is 13.0 Å². The van der Waals surface area contributed by atoms with Gasteiger partial charge in [-0.05, 0) is 19.4 Å². The molecule has 76 valence electrons. The predicted octanol–water partition coefficient (Wildman–Crippen LogP) is 2.74. The molecule has 14 heavy (non-hydrogen) atoms. The van der Waals surface area contributed by atoms with Crippen LogP contribution in [0.4, 0.5) is 0 Å². The summed E-state index contributed by atoms with van der Waals surface area (Å²) in [6.07, 6.45) is 0.563. The largest absolute Gasteiger partial charge is 0.373 e. The molecule has 1 atom stereocenters. The van der Waals surface area contributed by atoms with Crippen molar-refractivity contribution >= 4 is 5.78 Å². The number of ether oxygens (including phenoxy) is 1. The second-order valence-electron chi connectivity index (χ2n) is 3.38. The third-order valence-electron chi connectivity index (χ3n) is 2.09. The Morgan fingerprint density at radius 3 is 2.57 bits per heavy atom. The quantitative estimate of drug-likeness (QED) is 0.717. The lowest BCUT2D eigenvalue weighted by Crippen LogP contribution is -2.04. The lowest BCUT2D eigenvalue weighted by molar-refractivity contribution is -0.118. The van der Waals surface area contributed by atoms with E-state index >= 15 is 0 Å². The van der Waals surface area contributed by atoms with Crippen LogP contribution in [0.5, 0.6) is 0 Å². The van der Waals surface area contributed by atoms with Gasteiger partial charge in [-0.25, -0.2) is 0 Å². The Kier molecular flexibility index (Phi) is 4.33. The number of hydrogen-bond donors (Lipinski definition) is 0. The summed E-state index contributed by atoms with van der Waals surface area (Å²) in [4.78, 5) is 10.7. The molecular formula is C12H16O2. The van der Waals surface area contributed by atoms with Crippen molar-refractivity contribution in [1.29, 1.82) is 0 Å². The van der Waals surface area contributed by atoms with Gasteiger partial charge in [0.05, 0.1) is 12.7 Å². The molecule has 0 aromatic heterocycles. The van der Waals surface area contributed by atoms with Crippen LogP contribution < -0.4 is 0 Å². The highest BCUT2D eigenvalue weighted by Crippen LogP contribution is 2.15. The van der Waals surface area contributed by atoms with Crippen molar-refractivity contribution in [2.45, 2.75) is 26.4 Å². The summed E-state index contributed by atoms with van der Waals surface area (Å²) in [5.74, 6) is 0.172. The van der Waals surface area contributed by atoms with E-state index in [1.807, 2.05) is 37.3 Å². The number of carbonyl (C=O) groups excluding carboxylic acids is 1. The lowest BCUT2D eigenvalue weighted by atomic mass is 10.1. The highest BCUT2D eigenvalue weighted by atomic mass is 16.5. The van der Waals surface area contributed by atoms with Crippen LogP contribution in [0.3, 0.4) is 0 Å². The van der Waals surface area contributed by atoms with Crippen LogP contribution in [0, 0.1) is 0 Å². The molecule has 1 aromatic carbocycles. The van der Waals surface area contributed by atoms with Gasteiger partial charge in [0.1, 0.15) is 5.78 Å². The van der Waals surface area contributed by atoms with Crippen LogP contribution in [0.25, 0.3) is 0 Å². The first-order chi connectivity index (χ1) is 6.70. The number of carbonyl (C=O) groups is 1. The van der Waals surface area contributed by atoms with Gasteiger partial charge in [0.2, 0.25) is 0 Å². The van der Waals surface area contributed by atoms with Crippen molar-refractivity contribution in [3.63, 3.8) is 0 Å². The molecule has 0 fully saturated rings. The van der Waals surface area contributed by atoms with E-state index in [1.165, 1.54) is 0 Å². The van der Waals surface area contributed by atoms with Gasteiger partial charge in [-0.3, -0.25) is 4.79 Å². The molecule has 0 amide bonds. The van der Waals surface area contributed by atoms with Crippen LogP contribution in [-0.4, -0.2) is 12.4 Å². The average Bonchev–Trinajstić information content (AvgIpc) is 2.18. The molecule has 0 bridgehead atoms. The Hall–Kier alpha value is -1.15. The predicted molar refractivity (Wildman–Crippen MR) is 56.1 cm³/mol. The van der Waals surface area contributed by atoms with Crippen molar-refractivity contribution in [2.75, 3.05) is 6.61 Å². The Morgan fingerprint density at radius 2 is 2.00 bits per heavy atom. The fourth-order valence-corrected chi connectivity index (χ4v) is 1.20. The molecule has 0 saturated heterocycles. The molecule has 1 aromatic rings. The fourth-order valence-electron chi connectivity index (χ4n) is 1.20. The van der Waals surface area contributed by atoms with Crippen LogP contribution >= 0.6 is 0 Å². The third kappa shape index (κ3) is 3.71. The molecule has 0 saturated carbocycles. The number of ketones is 1. The van der Waals surface area contributed by atoms with Gasteiger partial charge < -0.3 is 4.74 Å². The number of hydrogen-bond acceptors (Lipinski definition) is 2. The van der Waals surface area contributed by atoms with E-state index in [-0.39, 0.29) is 11.9 Å². The van der Waals surface area contributed by atoms with E-state index in [2.05, 4.69) is 0 Å². The summed E-state index contributed by atoms with van der Waals surface area (Å²) in [5.41, 5.74) is 1.15. The maximum atomic E-state index is 10.7. The van der Waals surface area contributed by atoms with Gasteiger partial charge in [0.25, 0.3) is 0 Å². The summed E-state index contributed by atoms with van der Waals surface area (Å²) < 4.78 is 5.52. The molecule has 0 aliphatic carbocycles. The Morgan fingerprint density at radius 1 is 1.36 bits per heavy atom. The standard InChI is InChI=1S/C12H16O2/c1-10(13)8-9-14-11(2)12-6-4-3-5-7-12/h3-7,11H,8-9H2,1-2H3. The first-order valence-corrected chi connectivity index (χ1v) is 4.86. The van der Waals surface area contributed by atoms with Gasteiger partial charge in [-0.1, -0.05) is 30.3 Å². The van der Waals surface area contributed by atoms with Crippen molar-refractivity contribution < 1.29 is 9.53 Å². The molecule has 0 aliphatic rings. The minimum Gasteiger partial charge on any atom is -0.373 e. The van der Waals surface area contributed by atoms with Gasteiger partial charge in [0.15, 0.2) is 0 Å². The zero-order valence-electron chi connectivity index (χ0n) is 8.69. The van der Waals surface area contributed by atoms with E-state index in [4.69, 9.17) is 4.74 Å². The van der Waals surface area contributed by atoms with Crippen LogP contribution in [0.1, 0.15) is 31.9 Å². The summed E-state index contributed by atoms with van der Waals surface area (Å²) in [5, 5.41) is 0. The molecule has 0 spiro atoms. The molecular weight excluding hydrogens is 176 g/mol. The van der Waals surface area contributed by atoms with Crippen molar-refractivity contribution in [3.8, 4) is 0 Å².